The molecule has 3 aliphatic heterocycles. The Balaban J connectivity index is 1.79. The molecule has 3 heterocycles. The van der Waals surface area contributed by atoms with Crippen molar-refractivity contribution in [2.75, 3.05) is 13.2 Å². The van der Waals surface area contributed by atoms with E-state index in [1.54, 1.807) is 0 Å². The van der Waals surface area contributed by atoms with Crippen LogP contribution in [0.2, 0.25) is 36.3 Å². The first-order valence-electron chi connectivity index (χ1n) is 14.2. The highest BCUT2D eigenvalue weighted by Gasteiger charge is 2.55. The number of fused-ring (bicyclic) bond motifs is 2. The molecule has 210 valence electrons. The zero-order chi connectivity index (χ0) is 27.3. The molecule has 0 bridgehead atoms. The van der Waals surface area contributed by atoms with Crippen LogP contribution in [-0.4, -0.2) is 66.0 Å². The quantitative estimate of drug-likeness (QED) is 0.247. The fraction of sp³-hybridized carbons (Fsp3) is 0.931. The van der Waals surface area contributed by atoms with Gasteiger partial charge in [0.15, 0.2) is 16.6 Å². The van der Waals surface area contributed by atoms with Crippen molar-refractivity contribution < 1.29 is 23.1 Å². The Bertz CT molecular complexity index is 796. The lowest BCUT2D eigenvalue weighted by Crippen LogP contribution is -2.65. The summed E-state index contributed by atoms with van der Waals surface area (Å²) in [7, 11) is -3.78. The summed E-state index contributed by atoms with van der Waals surface area (Å²) in [6.07, 6.45) is 5.01. The Labute approximate surface area is 224 Å². The van der Waals surface area contributed by atoms with Crippen molar-refractivity contribution in [1.29, 1.82) is 0 Å². The average Bonchev–Trinajstić information content (AvgIpc) is 2.70. The van der Waals surface area contributed by atoms with Crippen LogP contribution in [0, 0.1) is 5.92 Å². The van der Waals surface area contributed by atoms with Gasteiger partial charge in [-0.25, -0.2) is 0 Å². The second-order valence-electron chi connectivity index (χ2n) is 15.1. The first-order chi connectivity index (χ1) is 16.3. The summed E-state index contributed by atoms with van der Waals surface area (Å²) in [5, 5.41) is 0.355. The Kier molecular flexibility index (Phi) is 8.91. The third-order valence-electron chi connectivity index (χ3n) is 9.81. The maximum absolute atomic E-state index is 7.09. The summed E-state index contributed by atoms with van der Waals surface area (Å²) < 4.78 is 33.5. The molecule has 3 rings (SSSR count). The van der Waals surface area contributed by atoms with Crippen molar-refractivity contribution in [1.82, 2.24) is 0 Å². The average molecular weight is 541 g/mol. The molecule has 7 heteroatoms. The molecular formula is C29H56O5Si2. The number of hydrogen-bond donors (Lipinski definition) is 0. The summed E-state index contributed by atoms with van der Waals surface area (Å²) in [5.41, 5.74) is 0.910. The van der Waals surface area contributed by atoms with Gasteiger partial charge in [0.2, 0.25) is 0 Å². The van der Waals surface area contributed by atoms with Gasteiger partial charge in [0.25, 0.3) is 0 Å². The molecule has 0 aromatic rings. The Hall–Kier alpha value is -0.0262. The molecule has 0 N–H and O–H groups in total. The smallest absolute Gasteiger partial charge is 0.192 e. The van der Waals surface area contributed by atoms with Crippen LogP contribution in [0.4, 0.5) is 0 Å². The van der Waals surface area contributed by atoms with Crippen molar-refractivity contribution in [3.8, 4) is 0 Å². The van der Waals surface area contributed by atoms with Crippen LogP contribution in [0.25, 0.3) is 0 Å². The maximum Gasteiger partial charge on any atom is 0.192 e. The number of hydrogen-bond acceptors (Lipinski definition) is 5. The molecular weight excluding hydrogens is 484 g/mol. The highest BCUT2D eigenvalue weighted by Crippen LogP contribution is 2.47. The zero-order valence-corrected chi connectivity index (χ0v) is 27.6. The molecule has 0 spiro atoms. The normalized spacial score (nSPS) is 35.0. The predicted molar refractivity (Wildman–Crippen MR) is 154 cm³/mol. The van der Waals surface area contributed by atoms with Crippen molar-refractivity contribution in [2.24, 2.45) is 5.92 Å². The van der Waals surface area contributed by atoms with E-state index in [-0.39, 0.29) is 46.2 Å². The van der Waals surface area contributed by atoms with E-state index in [9.17, 15) is 0 Å². The minimum atomic E-state index is -1.99. The minimum absolute atomic E-state index is 0.0161. The highest BCUT2D eigenvalue weighted by atomic mass is 28.4. The summed E-state index contributed by atoms with van der Waals surface area (Å²) in [6.45, 7) is 31.4. The van der Waals surface area contributed by atoms with E-state index in [2.05, 4.69) is 94.6 Å². The van der Waals surface area contributed by atoms with Crippen LogP contribution in [0.5, 0.6) is 0 Å². The molecule has 36 heavy (non-hydrogen) atoms. The second kappa shape index (κ2) is 10.5. The van der Waals surface area contributed by atoms with Gasteiger partial charge >= 0.3 is 0 Å². The van der Waals surface area contributed by atoms with Crippen LogP contribution >= 0.6 is 0 Å². The molecule has 0 radical (unpaired) electrons. The van der Waals surface area contributed by atoms with E-state index in [1.807, 2.05) is 0 Å². The molecule has 3 aliphatic rings. The number of ether oxygens (including phenoxy) is 3. The molecule has 0 unspecified atom stereocenters. The largest absolute Gasteiger partial charge is 0.417 e. The molecule has 2 fully saturated rings. The summed E-state index contributed by atoms with van der Waals surface area (Å²) in [6, 6.07) is 0. The molecule has 0 amide bonds. The minimum Gasteiger partial charge on any atom is -0.417 e. The van der Waals surface area contributed by atoms with Crippen LogP contribution in [0.3, 0.4) is 0 Å². The lowest BCUT2D eigenvalue weighted by atomic mass is 9.78. The van der Waals surface area contributed by atoms with E-state index in [1.165, 1.54) is 5.57 Å². The van der Waals surface area contributed by atoms with Crippen molar-refractivity contribution >= 4 is 16.6 Å². The van der Waals surface area contributed by atoms with E-state index in [0.717, 1.165) is 25.9 Å². The maximum atomic E-state index is 7.09. The van der Waals surface area contributed by atoms with Gasteiger partial charge in [0.1, 0.15) is 6.10 Å². The van der Waals surface area contributed by atoms with Crippen molar-refractivity contribution in [3.63, 3.8) is 0 Å². The van der Waals surface area contributed by atoms with Crippen molar-refractivity contribution in [3.05, 3.63) is 11.6 Å². The standard InChI is InChI=1S/C29H56O5Si2/c1-20(19-31-35(10,11)27(3,4)5)16-22-24(34-36(12,13)28(6,7)8)18-29(9)25(32-22)17-23-26(33-29)21(2)14-15-30-23/h14,20,22-26H,15-19H2,1-13H3/t20-,22+,23+,24-,25-,26-,29+/m1/s1. The van der Waals surface area contributed by atoms with E-state index < -0.39 is 16.6 Å². The van der Waals surface area contributed by atoms with Crippen LogP contribution in [0.15, 0.2) is 11.6 Å². The molecule has 5 nitrogen and oxygen atoms in total. The van der Waals surface area contributed by atoms with Gasteiger partial charge in [0, 0.05) is 19.4 Å². The Morgan fingerprint density at radius 2 is 1.67 bits per heavy atom. The SMILES string of the molecule is CC1=CCO[C@H]2C[C@H]3O[C@@H](C[C@@H](C)CO[Si](C)(C)C(C)(C)C)[C@H](O[Si](C)(C)C(C)(C)C)C[C@]3(C)O[C@H]12. The van der Waals surface area contributed by atoms with Crippen LogP contribution in [0.1, 0.15) is 81.6 Å². The van der Waals surface area contributed by atoms with Crippen LogP contribution in [-0.2, 0) is 23.1 Å². The molecule has 0 saturated carbocycles. The van der Waals surface area contributed by atoms with Gasteiger partial charge < -0.3 is 23.1 Å². The lowest BCUT2D eigenvalue weighted by molar-refractivity contribution is -0.285. The summed E-state index contributed by atoms with van der Waals surface area (Å²) in [4.78, 5) is 0. The van der Waals surface area contributed by atoms with Gasteiger partial charge in [-0.15, -0.1) is 0 Å². The van der Waals surface area contributed by atoms with Gasteiger partial charge in [-0.05, 0) is 68.0 Å². The van der Waals surface area contributed by atoms with E-state index in [4.69, 9.17) is 23.1 Å². The molecule has 0 aromatic carbocycles. The second-order valence-corrected chi connectivity index (χ2v) is 24.7. The zero-order valence-electron chi connectivity index (χ0n) is 25.6. The lowest BCUT2D eigenvalue weighted by Gasteiger charge is -2.56. The van der Waals surface area contributed by atoms with Crippen molar-refractivity contribution in [2.45, 2.75) is 154 Å². The van der Waals surface area contributed by atoms with Crippen LogP contribution < -0.4 is 0 Å². The Morgan fingerprint density at radius 1 is 1.06 bits per heavy atom. The van der Waals surface area contributed by atoms with Gasteiger partial charge in [-0.2, -0.15) is 0 Å². The summed E-state index contributed by atoms with van der Waals surface area (Å²) in [5.74, 6) is 0.396. The molecule has 0 aliphatic carbocycles. The monoisotopic (exact) mass is 540 g/mol. The first kappa shape index (κ1) is 30.5. The fourth-order valence-corrected chi connectivity index (χ4v) is 7.59. The third kappa shape index (κ3) is 6.57. The molecule has 2 saturated heterocycles. The number of rotatable bonds is 7. The Morgan fingerprint density at radius 3 is 2.25 bits per heavy atom. The fourth-order valence-electron chi connectivity index (χ4n) is 5.11. The third-order valence-corrected chi connectivity index (χ3v) is 18.8. The predicted octanol–water partition coefficient (Wildman–Crippen LogP) is 7.48. The topological polar surface area (TPSA) is 46.2 Å². The van der Waals surface area contributed by atoms with Gasteiger partial charge in [-0.1, -0.05) is 54.5 Å². The summed E-state index contributed by atoms with van der Waals surface area (Å²) >= 11 is 0. The van der Waals surface area contributed by atoms with Gasteiger partial charge in [0.05, 0.1) is 36.6 Å². The van der Waals surface area contributed by atoms with E-state index in [0.29, 0.717) is 12.5 Å². The van der Waals surface area contributed by atoms with E-state index >= 15 is 0 Å². The molecule has 7 atom stereocenters. The first-order valence-corrected chi connectivity index (χ1v) is 20.0. The molecule has 0 aromatic heterocycles. The van der Waals surface area contributed by atoms with Gasteiger partial charge in [-0.3, -0.25) is 0 Å². The highest BCUT2D eigenvalue weighted by molar-refractivity contribution is 6.74.